The highest BCUT2D eigenvalue weighted by atomic mass is 16.2. The van der Waals surface area contributed by atoms with Crippen LogP contribution in [-0.4, -0.2) is 49.3 Å². The molecule has 0 bridgehead atoms. The van der Waals surface area contributed by atoms with Crippen LogP contribution in [0.5, 0.6) is 0 Å². The summed E-state index contributed by atoms with van der Waals surface area (Å²) < 4.78 is 1.62. The summed E-state index contributed by atoms with van der Waals surface area (Å²) in [5, 5.41) is 0. The highest BCUT2D eigenvalue weighted by Crippen LogP contribution is 2.25. The molecular formula is C30H18N6O9. The van der Waals surface area contributed by atoms with Crippen LogP contribution in [-0.2, 0) is 14.4 Å². The average Bonchev–Trinajstić information content (AvgIpc) is 2.99. The van der Waals surface area contributed by atoms with E-state index in [0.717, 1.165) is 39.0 Å². The zero-order valence-corrected chi connectivity index (χ0v) is 23.6. The Labute approximate surface area is 250 Å². The summed E-state index contributed by atoms with van der Waals surface area (Å²) in [5.41, 5.74) is -5.13. The number of ketones is 3. The summed E-state index contributed by atoms with van der Waals surface area (Å²) in [7, 11) is 0. The van der Waals surface area contributed by atoms with E-state index in [-0.39, 0.29) is 50.8 Å². The lowest BCUT2D eigenvalue weighted by Crippen LogP contribution is -2.52. The van der Waals surface area contributed by atoms with Crippen LogP contribution >= 0.6 is 0 Å². The van der Waals surface area contributed by atoms with Crippen LogP contribution in [0.3, 0.4) is 0 Å². The zero-order chi connectivity index (χ0) is 33.0. The Morgan fingerprint density at radius 1 is 0.489 bits per heavy atom. The van der Waals surface area contributed by atoms with E-state index in [1.54, 1.807) is 0 Å². The molecule has 0 unspecified atom stereocenters. The lowest BCUT2D eigenvalue weighted by atomic mass is 10.1. The molecule has 15 nitrogen and oxygen atoms in total. The van der Waals surface area contributed by atoms with Crippen molar-refractivity contribution in [3.8, 4) is 17.1 Å². The van der Waals surface area contributed by atoms with Crippen molar-refractivity contribution in [1.82, 2.24) is 13.7 Å². The monoisotopic (exact) mass is 606 g/mol. The van der Waals surface area contributed by atoms with Crippen molar-refractivity contribution in [1.29, 1.82) is 0 Å². The van der Waals surface area contributed by atoms with E-state index < -0.39 is 34.4 Å². The van der Waals surface area contributed by atoms with Crippen molar-refractivity contribution in [3.63, 3.8) is 0 Å². The SMILES string of the molecule is CC(=O)c1cc(-n2c(=O)n(-c3ccc(N=C=O)c(C(C)=O)c3)c(=O)n(-c3ccc(N=C=O)c(C(C)=O)c3)c2=O)ccc1N=C=O. The van der Waals surface area contributed by atoms with Gasteiger partial charge in [0, 0.05) is 16.7 Å². The molecule has 0 aliphatic rings. The minimum absolute atomic E-state index is 0.0993. The standard InChI is InChI=1S/C30H18N6O9/c1-16(40)22-10-19(4-7-25(22)31-13-37)34-28(43)35(20-5-8-26(32-14-38)23(11-20)17(2)41)30(45)36(29(34)44)21-6-9-27(33-15-39)24(12-21)18(3)42/h4-12H,1-3H3. The molecule has 0 N–H and O–H groups in total. The molecule has 1 aromatic heterocycles. The summed E-state index contributed by atoms with van der Waals surface area (Å²) in [4.78, 5) is 122. The predicted octanol–water partition coefficient (Wildman–Crippen LogP) is 2.65. The minimum atomic E-state index is -1.24. The van der Waals surface area contributed by atoms with Gasteiger partial charge in [-0.05, 0) is 75.4 Å². The largest absolute Gasteiger partial charge is 0.345 e. The number of aliphatic imine (C=N–C) groups is 3. The third-order valence-electron chi connectivity index (χ3n) is 6.50. The topological polar surface area (TPSA) is 206 Å². The zero-order valence-electron chi connectivity index (χ0n) is 23.6. The Kier molecular flexibility index (Phi) is 8.73. The third kappa shape index (κ3) is 5.80. The maximum absolute atomic E-state index is 14.0. The second kappa shape index (κ2) is 12.6. The number of benzene rings is 3. The Bertz CT molecular complexity index is 2010. The molecule has 4 aromatic rings. The molecule has 1 heterocycles. The Balaban J connectivity index is 2.22. The van der Waals surface area contributed by atoms with Crippen LogP contribution in [0, 0.1) is 0 Å². The first-order chi connectivity index (χ1) is 21.4. The fourth-order valence-corrected chi connectivity index (χ4v) is 4.48. The summed E-state index contributed by atoms with van der Waals surface area (Å²) in [5.74, 6) is -1.74. The van der Waals surface area contributed by atoms with Gasteiger partial charge in [-0.2, -0.15) is 15.0 Å². The van der Waals surface area contributed by atoms with Gasteiger partial charge in [0.25, 0.3) is 0 Å². The molecule has 0 radical (unpaired) electrons. The van der Waals surface area contributed by atoms with Crippen molar-refractivity contribution in [2.24, 2.45) is 15.0 Å². The Morgan fingerprint density at radius 3 is 0.933 bits per heavy atom. The third-order valence-corrected chi connectivity index (χ3v) is 6.50. The first-order valence-corrected chi connectivity index (χ1v) is 12.7. The van der Waals surface area contributed by atoms with Crippen LogP contribution in [0.1, 0.15) is 51.8 Å². The number of rotatable bonds is 9. The van der Waals surface area contributed by atoms with E-state index >= 15 is 0 Å². The van der Waals surface area contributed by atoms with Gasteiger partial charge in [-0.25, -0.2) is 42.5 Å². The highest BCUT2D eigenvalue weighted by Gasteiger charge is 2.23. The number of aromatic nitrogens is 3. The molecule has 0 spiro atoms. The molecule has 15 heteroatoms. The Hall–Kier alpha value is -6.78. The number of carbonyl (C=O) groups excluding carboxylic acids is 6. The summed E-state index contributed by atoms with van der Waals surface area (Å²) in [6, 6.07) is 10.4. The van der Waals surface area contributed by atoms with Gasteiger partial charge in [-0.3, -0.25) is 14.4 Å². The van der Waals surface area contributed by atoms with E-state index in [4.69, 9.17) is 0 Å². The van der Waals surface area contributed by atoms with Gasteiger partial charge in [0.1, 0.15) is 0 Å². The molecule has 0 saturated carbocycles. The fraction of sp³-hybridized carbons (Fsp3) is 0.100. The number of Topliss-reactive ketones (excluding diaryl/α,β-unsaturated/α-hetero) is 3. The van der Waals surface area contributed by atoms with Crippen LogP contribution in [0.2, 0.25) is 0 Å². The van der Waals surface area contributed by atoms with Crippen molar-refractivity contribution in [2.45, 2.75) is 20.8 Å². The second-order valence-corrected chi connectivity index (χ2v) is 9.24. The molecule has 3 aromatic carbocycles. The van der Waals surface area contributed by atoms with Gasteiger partial charge >= 0.3 is 17.1 Å². The van der Waals surface area contributed by atoms with E-state index in [1.165, 1.54) is 54.6 Å². The van der Waals surface area contributed by atoms with Crippen LogP contribution in [0.4, 0.5) is 17.1 Å². The van der Waals surface area contributed by atoms with Gasteiger partial charge in [0.15, 0.2) is 17.3 Å². The highest BCUT2D eigenvalue weighted by molar-refractivity contribution is 6.01. The van der Waals surface area contributed by atoms with Gasteiger partial charge in [-0.1, -0.05) is 0 Å². The van der Waals surface area contributed by atoms with Crippen molar-refractivity contribution in [2.75, 3.05) is 0 Å². The number of isocyanates is 3. The molecule has 222 valence electrons. The normalized spacial score (nSPS) is 10.2. The quantitative estimate of drug-likeness (QED) is 0.156. The maximum atomic E-state index is 14.0. The summed E-state index contributed by atoms with van der Waals surface area (Å²) in [6.07, 6.45) is 3.93. The first-order valence-electron chi connectivity index (χ1n) is 12.7. The average molecular weight is 607 g/mol. The lowest BCUT2D eigenvalue weighted by molar-refractivity contribution is 0.101. The fourth-order valence-electron chi connectivity index (χ4n) is 4.48. The molecule has 0 aliphatic carbocycles. The molecular weight excluding hydrogens is 588 g/mol. The van der Waals surface area contributed by atoms with Crippen LogP contribution in [0.15, 0.2) is 84.0 Å². The number of nitrogens with zero attached hydrogens (tertiary/aromatic N) is 6. The first kappa shape index (κ1) is 31.2. The van der Waals surface area contributed by atoms with Crippen LogP contribution in [0.25, 0.3) is 17.1 Å². The van der Waals surface area contributed by atoms with Gasteiger partial charge in [0.05, 0.1) is 34.1 Å². The molecule has 0 saturated heterocycles. The molecule has 0 aliphatic heterocycles. The molecule has 0 atom stereocenters. The second-order valence-electron chi connectivity index (χ2n) is 9.24. The Morgan fingerprint density at radius 2 is 0.733 bits per heavy atom. The van der Waals surface area contributed by atoms with E-state index in [1.807, 2.05) is 0 Å². The molecule has 45 heavy (non-hydrogen) atoms. The van der Waals surface area contributed by atoms with Gasteiger partial charge < -0.3 is 0 Å². The molecule has 0 fully saturated rings. The number of carbonyl (C=O) groups is 3. The summed E-state index contributed by atoms with van der Waals surface area (Å²) in [6.45, 7) is 3.47. The van der Waals surface area contributed by atoms with Gasteiger partial charge in [-0.15, -0.1) is 0 Å². The molecule has 4 rings (SSSR count). The van der Waals surface area contributed by atoms with E-state index in [2.05, 4.69) is 15.0 Å². The predicted molar refractivity (Wildman–Crippen MR) is 157 cm³/mol. The van der Waals surface area contributed by atoms with E-state index in [9.17, 15) is 43.2 Å². The number of hydrogen-bond donors (Lipinski definition) is 0. The summed E-state index contributed by atoms with van der Waals surface area (Å²) >= 11 is 0. The maximum Gasteiger partial charge on any atom is 0.345 e. The van der Waals surface area contributed by atoms with Crippen molar-refractivity contribution >= 4 is 52.7 Å². The van der Waals surface area contributed by atoms with Crippen molar-refractivity contribution < 1.29 is 28.8 Å². The van der Waals surface area contributed by atoms with Crippen molar-refractivity contribution in [3.05, 3.63) is 103 Å². The minimum Gasteiger partial charge on any atom is -0.294 e. The lowest BCUT2D eigenvalue weighted by Gasteiger charge is -2.16. The smallest absolute Gasteiger partial charge is 0.294 e. The van der Waals surface area contributed by atoms with E-state index in [0.29, 0.717) is 13.7 Å². The van der Waals surface area contributed by atoms with Gasteiger partial charge in [0.2, 0.25) is 18.2 Å². The number of hydrogen-bond acceptors (Lipinski definition) is 12. The molecule has 0 amide bonds. The van der Waals surface area contributed by atoms with Crippen LogP contribution < -0.4 is 17.1 Å².